The van der Waals surface area contributed by atoms with Gasteiger partial charge in [-0.2, -0.15) is 0 Å². The first-order valence-corrected chi connectivity index (χ1v) is 9.62. The number of hydrogen-bond donors (Lipinski definition) is 0. The minimum Gasteiger partial charge on any atom is -0.462 e. The molecular formula is C23H16FN3O5. The average Bonchev–Trinajstić information content (AvgIpc) is 3.18. The van der Waals surface area contributed by atoms with Crippen molar-refractivity contribution < 1.29 is 23.6 Å². The smallest absolute Gasteiger partial charge is 0.340 e. The van der Waals surface area contributed by atoms with Gasteiger partial charge in [-0.3, -0.25) is 19.3 Å². The molecule has 32 heavy (non-hydrogen) atoms. The summed E-state index contributed by atoms with van der Waals surface area (Å²) in [6, 6.07) is 14.0. The standard InChI is InChI=1S/C23H16FN3O5/c1-2-32-23(29)18-11-21(22(28)15-4-3-5-17(10-15)27(30)31)26-13-25-19(12-20(18)26)14-6-8-16(24)9-7-14/h3-13H,2H2,1H3. The highest BCUT2D eigenvalue weighted by atomic mass is 19.1. The molecular weight excluding hydrogens is 417 g/mol. The second-order valence-corrected chi connectivity index (χ2v) is 6.84. The topological polar surface area (TPSA) is 104 Å². The quantitative estimate of drug-likeness (QED) is 0.193. The van der Waals surface area contributed by atoms with Crippen LogP contribution in [0.5, 0.6) is 0 Å². The van der Waals surface area contributed by atoms with Crippen molar-refractivity contribution in [2.45, 2.75) is 6.92 Å². The Kier molecular flexibility index (Phi) is 5.46. The largest absolute Gasteiger partial charge is 0.462 e. The zero-order valence-electron chi connectivity index (χ0n) is 16.8. The van der Waals surface area contributed by atoms with Crippen LogP contribution in [0.2, 0.25) is 0 Å². The lowest BCUT2D eigenvalue weighted by atomic mass is 10.1. The van der Waals surface area contributed by atoms with E-state index in [0.717, 1.165) is 0 Å². The third-order valence-electron chi connectivity index (χ3n) is 4.85. The van der Waals surface area contributed by atoms with E-state index in [0.29, 0.717) is 16.8 Å². The molecule has 2 heterocycles. The molecule has 0 spiro atoms. The molecule has 0 atom stereocenters. The molecule has 2 aromatic heterocycles. The van der Waals surface area contributed by atoms with Crippen LogP contribution in [-0.4, -0.2) is 32.7 Å². The SMILES string of the molecule is CCOC(=O)c1cc(C(=O)c2cccc([N+](=O)[O-])c2)n2cnc(-c3ccc(F)cc3)cc12. The van der Waals surface area contributed by atoms with Crippen LogP contribution in [0.1, 0.15) is 33.3 Å². The third kappa shape index (κ3) is 3.83. The number of halogens is 1. The number of hydrogen-bond acceptors (Lipinski definition) is 6. The van der Waals surface area contributed by atoms with Gasteiger partial charge < -0.3 is 4.74 Å². The van der Waals surface area contributed by atoms with Crippen molar-refractivity contribution in [3.8, 4) is 11.3 Å². The molecule has 0 aliphatic rings. The second kappa shape index (κ2) is 8.38. The average molecular weight is 433 g/mol. The fourth-order valence-corrected chi connectivity index (χ4v) is 3.33. The lowest BCUT2D eigenvalue weighted by molar-refractivity contribution is -0.384. The highest BCUT2D eigenvalue weighted by Gasteiger charge is 2.23. The van der Waals surface area contributed by atoms with Gasteiger partial charge in [0.05, 0.1) is 34.0 Å². The van der Waals surface area contributed by atoms with Crippen molar-refractivity contribution in [2.24, 2.45) is 0 Å². The predicted octanol–water partition coefficient (Wildman–Crippen LogP) is 4.46. The van der Waals surface area contributed by atoms with Gasteiger partial charge in [-0.25, -0.2) is 14.2 Å². The molecule has 0 bridgehead atoms. The number of aromatic nitrogens is 2. The van der Waals surface area contributed by atoms with Gasteiger partial charge in [0.2, 0.25) is 5.78 Å². The first-order chi connectivity index (χ1) is 15.4. The van der Waals surface area contributed by atoms with Crippen molar-refractivity contribution in [1.29, 1.82) is 0 Å². The molecule has 0 fully saturated rings. The Hall–Kier alpha value is -4.40. The summed E-state index contributed by atoms with van der Waals surface area (Å²) in [5, 5.41) is 11.1. The Bertz CT molecular complexity index is 1360. The predicted molar refractivity (Wildman–Crippen MR) is 113 cm³/mol. The number of nitro groups is 1. The molecule has 0 radical (unpaired) electrons. The number of esters is 1. The highest BCUT2D eigenvalue weighted by molar-refractivity contribution is 6.11. The number of carbonyl (C=O) groups excluding carboxylic acids is 2. The number of rotatable bonds is 6. The number of ether oxygens (including phenoxy) is 1. The van der Waals surface area contributed by atoms with Gasteiger partial charge in [0, 0.05) is 23.3 Å². The zero-order valence-corrected chi connectivity index (χ0v) is 16.8. The summed E-state index contributed by atoms with van der Waals surface area (Å²) in [6.07, 6.45) is 1.38. The molecule has 8 nitrogen and oxygen atoms in total. The zero-order chi connectivity index (χ0) is 22.8. The van der Waals surface area contributed by atoms with E-state index in [4.69, 9.17) is 4.74 Å². The molecule has 0 saturated carbocycles. The van der Waals surface area contributed by atoms with Crippen molar-refractivity contribution in [1.82, 2.24) is 9.38 Å². The highest BCUT2D eigenvalue weighted by Crippen LogP contribution is 2.26. The summed E-state index contributed by atoms with van der Waals surface area (Å²) in [5.74, 6) is -1.54. The van der Waals surface area contributed by atoms with Gasteiger partial charge in [-0.1, -0.05) is 12.1 Å². The molecule has 0 saturated heterocycles. The maximum atomic E-state index is 13.3. The molecule has 0 amide bonds. The van der Waals surface area contributed by atoms with Crippen molar-refractivity contribution >= 4 is 23.0 Å². The minimum atomic E-state index is -0.626. The molecule has 0 unspecified atom stereocenters. The summed E-state index contributed by atoms with van der Waals surface area (Å²) in [5.41, 5.74) is 1.57. The van der Waals surface area contributed by atoms with E-state index in [1.165, 1.54) is 53.2 Å². The molecule has 4 aromatic rings. The minimum absolute atomic E-state index is 0.0941. The van der Waals surface area contributed by atoms with Gasteiger partial charge in [-0.05, 0) is 43.3 Å². The van der Waals surface area contributed by atoms with E-state index in [2.05, 4.69) is 4.98 Å². The third-order valence-corrected chi connectivity index (χ3v) is 4.85. The number of nitrogens with zero attached hydrogens (tertiary/aromatic N) is 3. The summed E-state index contributed by atoms with van der Waals surface area (Å²) in [6.45, 7) is 1.80. The summed E-state index contributed by atoms with van der Waals surface area (Å²) < 4.78 is 19.8. The lowest BCUT2D eigenvalue weighted by Crippen LogP contribution is -2.06. The number of non-ortho nitro benzene ring substituents is 1. The maximum Gasteiger partial charge on any atom is 0.340 e. The molecule has 9 heteroatoms. The Morgan fingerprint density at radius 3 is 2.56 bits per heavy atom. The van der Waals surface area contributed by atoms with Crippen LogP contribution in [0.15, 0.2) is 67.0 Å². The molecule has 4 rings (SSSR count). The van der Waals surface area contributed by atoms with Crippen LogP contribution in [-0.2, 0) is 4.74 Å². The number of nitro benzene ring substituents is 1. The monoisotopic (exact) mass is 433 g/mol. The molecule has 0 aliphatic carbocycles. The van der Waals surface area contributed by atoms with Crippen molar-refractivity contribution in [3.63, 3.8) is 0 Å². The molecule has 160 valence electrons. The van der Waals surface area contributed by atoms with Gasteiger partial charge in [0.15, 0.2) is 0 Å². The number of ketones is 1. The lowest BCUT2D eigenvalue weighted by Gasteiger charge is -2.06. The van der Waals surface area contributed by atoms with Gasteiger partial charge in [-0.15, -0.1) is 0 Å². The first kappa shape index (κ1) is 20.9. The Balaban J connectivity index is 1.87. The Morgan fingerprint density at radius 1 is 1.12 bits per heavy atom. The maximum absolute atomic E-state index is 13.3. The first-order valence-electron chi connectivity index (χ1n) is 9.62. The molecule has 0 aliphatic heterocycles. The summed E-state index contributed by atoms with van der Waals surface area (Å²) in [7, 11) is 0. The summed E-state index contributed by atoms with van der Waals surface area (Å²) in [4.78, 5) is 40.5. The van der Waals surface area contributed by atoms with Gasteiger partial charge in [0.1, 0.15) is 12.1 Å². The number of benzene rings is 2. The van der Waals surface area contributed by atoms with Gasteiger partial charge in [0.25, 0.3) is 5.69 Å². The Morgan fingerprint density at radius 2 is 1.88 bits per heavy atom. The second-order valence-electron chi connectivity index (χ2n) is 6.84. The van der Waals surface area contributed by atoms with Crippen molar-refractivity contribution in [2.75, 3.05) is 6.61 Å². The van der Waals surface area contributed by atoms with Crippen LogP contribution in [0, 0.1) is 15.9 Å². The fraction of sp³-hybridized carbons (Fsp3) is 0.0870. The normalized spacial score (nSPS) is 10.8. The van der Waals surface area contributed by atoms with E-state index in [9.17, 15) is 24.1 Å². The number of fused-ring (bicyclic) bond motifs is 1. The van der Waals surface area contributed by atoms with E-state index < -0.39 is 22.5 Å². The van der Waals surface area contributed by atoms with Crippen molar-refractivity contribution in [3.05, 3.63) is 99.7 Å². The van der Waals surface area contributed by atoms with Crippen LogP contribution >= 0.6 is 0 Å². The van der Waals surface area contributed by atoms with Gasteiger partial charge >= 0.3 is 5.97 Å². The van der Waals surface area contributed by atoms with E-state index in [1.54, 1.807) is 25.1 Å². The van der Waals surface area contributed by atoms with Crippen LogP contribution in [0.25, 0.3) is 16.8 Å². The Labute approximate surface area is 181 Å². The summed E-state index contributed by atoms with van der Waals surface area (Å²) >= 11 is 0. The molecule has 2 aromatic carbocycles. The van der Waals surface area contributed by atoms with E-state index >= 15 is 0 Å². The van der Waals surface area contributed by atoms with Crippen LogP contribution in [0.4, 0.5) is 10.1 Å². The van der Waals surface area contributed by atoms with Crippen LogP contribution in [0.3, 0.4) is 0 Å². The fourth-order valence-electron chi connectivity index (χ4n) is 3.33. The molecule has 0 N–H and O–H groups in total. The van der Waals surface area contributed by atoms with E-state index in [1.807, 2.05) is 0 Å². The number of carbonyl (C=O) groups is 2. The van der Waals surface area contributed by atoms with E-state index in [-0.39, 0.29) is 29.1 Å². The van der Waals surface area contributed by atoms with Crippen LogP contribution < -0.4 is 0 Å².